The number of rotatable bonds is 4. The molecular weight excluding hydrogens is 378 g/mol. The maximum atomic E-state index is 12.9. The Morgan fingerprint density at radius 2 is 1.97 bits per heavy atom. The van der Waals surface area contributed by atoms with E-state index in [1.807, 2.05) is 18.3 Å². The molecule has 30 heavy (non-hydrogen) atoms. The fourth-order valence-electron chi connectivity index (χ4n) is 4.45. The smallest absolute Gasteiger partial charge is 0.255 e. The molecule has 154 valence electrons. The summed E-state index contributed by atoms with van der Waals surface area (Å²) in [6.45, 7) is 3.20. The second kappa shape index (κ2) is 8.01. The number of benzene rings is 1. The largest absolute Gasteiger partial charge is 0.352 e. The Morgan fingerprint density at radius 3 is 2.73 bits per heavy atom. The Morgan fingerprint density at radius 1 is 1.13 bits per heavy atom. The summed E-state index contributed by atoms with van der Waals surface area (Å²) in [7, 11) is 0. The van der Waals surface area contributed by atoms with Crippen LogP contribution in [-0.4, -0.2) is 44.5 Å². The van der Waals surface area contributed by atoms with E-state index in [0.29, 0.717) is 12.2 Å². The Hall–Kier alpha value is -3.03. The number of carbonyl (C=O) groups is 1. The zero-order valence-electron chi connectivity index (χ0n) is 16.8. The van der Waals surface area contributed by atoms with Crippen LogP contribution in [0.2, 0.25) is 0 Å². The number of imidazole rings is 1. The minimum atomic E-state index is -0.562. The van der Waals surface area contributed by atoms with E-state index in [1.54, 1.807) is 24.7 Å². The minimum absolute atomic E-state index is 0.145. The topological polar surface area (TPSA) is 72.3 Å². The normalized spacial score (nSPS) is 20.6. The molecule has 0 unspecified atom stereocenters. The van der Waals surface area contributed by atoms with Crippen molar-refractivity contribution >= 4 is 11.6 Å². The van der Waals surface area contributed by atoms with Crippen molar-refractivity contribution in [1.82, 2.24) is 19.4 Å². The van der Waals surface area contributed by atoms with Gasteiger partial charge in [0, 0.05) is 38.2 Å². The first-order chi connectivity index (χ1) is 14.7. The van der Waals surface area contributed by atoms with Gasteiger partial charge in [-0.05, 0) is 30.5 Å². The number of nitrogens with one attached hydrogen (secondary N) is 1. The fourth-order valence-corrected chi connectivity index (χ4v) is 4.45. The van der Waals surface area contributed by atoms with Gasteiger partial charge in [-0.2, -0.15) is 0 Å². The van der Waals surface area contributed by atoms with Gasteiger partial charge < -0.3 is 14.6 Å². The molecule has 0 aliphatic carbocycles. The molecular formula is C23H25N5O2. The highest BCUT2D eigenvalue weighted by Crippen LogP contribution is 2.40. The third-order valence-corrected chi connectivity index (χ3v) is 5.99. The van der Waals surface area contributed by atoms with E-state index in [9.17, 15) is 4.79 Å². The van der Waals surface area contributed by atoms with Gasteiger partial charge in [0.15, 0.2) is 6.10 Å². The molecule has 0 radical (unpaired) electrons. The van der Waals surface area contributed by atoms with Crippen molar-refractivity contribution in [2.24, 2.45) is 0 Å². The summed E-state index contributed by atoms with van der Waals surface area (Å²) < 4.78 is 8.56. The number of likely N-dealkylation sites (tertiary alicyclic amines) is 1. The molecule has 0 saturated carbocycles. The second-order valence-electron chi connectivity index (χ2n) is 8.00. The maximum absolute atomic E-state index is 12.9. The molecule has 0 bridgehead atoms. The highest BCUT2D eigenvalue weighted by atomic mass is 16.5. The molecule has 3 aromatic rings. The molecule has 1 fully saturated rings. The summed E-state index contributed by atoms with van der Waals surface area (Å²) in [5, 5.41) is 2.93. The number of aromatic nitrogens is 3. The van der Waals surface area contributed by atoms with Crippen LogP contribution < -0.4 is 5.32 Å². The summed E-state index contributed by atoms with van der Waals surface area (Å²) >= 11 is 0. The number of amides is 1. The van der Waals surface area contributed by atoms with E-state index in [4.69, 9.17) is 4.74 Å². The molecule has 2 aliphatic heterocycles. The van der Waals surface area contributed by atoms with E-state index in [-0.39, 0.29) is 5.91 Å². The molecule has 7 heteroatoms. The Labute approximate surface area is 175 Å². The Kier molecular flexibility index (Phi) is 5.06. The molecule has 7 nitrogen and oxygen atoms in total. The first-order valence-corrected chi connectivity index (χ1v) is 10.4. The highest BCUT2D eigenvalue weighted by Gasteiger charge is 2.47. The van der Waals surface area contributed by atoms with Crippen LogP contribution in [-0.2, 0) is 28.2 Å². The number of hydrogen-bond donors (Lipinski definition) is 1. The van der Waals surface area contributed by atoms with Crippen LogP contribution in [0.25, 0.3) is 0 Å². The third kappa shape index (κ3) is 3.74. The monoisotopic (exact) mass is 403 g/mol. The standard InChI is InChI=1S/C23H25N5O2/c29-21(26-19-7-4-10-24-15-19)20-17-28-14-11-25-22(28)23(30-20)8-12-27(13-9-23)16-18-5-2-1-3-6-18/h1-7,10-11,14-15,20H,8-9,12-13,16-17H2,(H,26,29)/t20-/m1/s1. The van der Waals surface area contributed by atoms with Gasteiger partial charge in [-0.15, -0.1) is 0 Å². The Bertz CT molecular complexity index is 997. The van der Waals surface area contributed by atoms with Gasteiger partial charge in [-0.3, -0.25) is 14.7 Å². The molecule has 1 amide bonds. The number of nitrogens with zero attached hydrogens (tertiary/aromatic N) is 4. The predicted octanol–water partition coefficient (Wildman–Crippen LogP) is 2.81. The summed E-state index contributed by atoms with van der Waals surface area (Å²) in [6, 6.07) is 14.1. The van der Waals surface area contributed by atoms with Crippen LogP contribution in [0.3, 0.4) is 0 Å². The summed E-state index contributed by atoms with van der Waals surface area (Å²) in [6.07, 6.45) is 8.14. The number of ether oxygens (including phenoxy) is 1. The lowest BCUT2D eigenvalue weighted by atomic mass is 9.88. The summed E-state index contributed by atoms with van der Waals surface area (Å²) in [4.78, 5) is 24.0. The highest BCUT2D eigenvalue weighted by molar-refractivity contribution is 5.94. The van der Waals surface area contributed by atoms with E-state index < -0.39 is 11.7 Å². The molecule has 1 atom stereocenters. The first-order valence-electron chi connectivity index (χ1n) is 10.4. The van der Waals surface area contributed by atoms with Crippen molar-refractivity contribution in [3.05, 3.63) is 78.6 Å². The zero-order chi connectivity index (χ0) is 20.4. The molecule has 1 saturated heterocycles. The molecule has 1 N–H and O–H groups in total. The maximum Gasteiger partial charge on any atom is 0.255 e. The fraction of sp³-hybridized carbons (Fsp3) is 0.348. The van der Waals surface area contributed by atoms with Gasteiger partial charge >= 0.3 is 0 Å². The number of anilines is 1. The van der Waals surface area contributed by atoms with Gasteiger partial charge in [0.05, 0.1) is 18.4 Å². The second-order valence-corrected chi connectivity index (χ2v) is 8.00. The lowest BCUT2D eigenvalue weighted by molar-refractivity contribution is -0.170. The van der Waals surface area contributed by atoms with Crippen LogP contribution in [0.15, 0.2) is 67.3 Å². The summed E-state index contributed by atoms with van der Waals surface area (Å²) in [5.41, 5.74) is 1.47. The van der Waals surface area contributed by atoms with Crippen molar-refractivity contribution in [2.45, 2.75) is 37.6 Å². The minimum Gasteiger partial charge on any atom is -0.352 e. The molecule has 1 spiro atoms. The van der Waals surface area contributed by atoms with Crippen molar-refractivity contribution in [2.75, 3.05) is 18.4 Å². The number of pyridine rings is 1. The van der Waals surface area contributed by atoms with Gasteiger partial charge in [0.1, 0.15) is 11.4 Å². The molecule has 5 rings (SSSR count). The van der Waals surface area contributed by atoms with Gasteiger partial charge in [-0.1, -0.05) is 30.3 Å². The van der Waals surface area contributed by atoms with Gasteiger partial charge in [0.25, 0.3) is 5.91 Å². The van der Waals surface area contributed by atoms with Gasteiger partial charge in [-0.25, -0.2) is 4.98 Å². The zero-order valence-corrected chi connectivity index (χ0v) is 16.8. The SMILES string of the molecule is O=C(Nc1cccnc1)[C@H]1Cn2ccnc2C2(CCN(Cc3ccccc3)CC2)O1. The number of hydrogen-bond acceptors (Lipinski definition) is 5. The van der Waals surface area contributed by atoms with E-state index in [2.05, 4.69) is 49.0 Å². The third-order valence-electron chi connectivity index (χ3n) is 5.99. The number of piperidine rings is 1. The van der Waals surface area contributed by atoms with Crippen molar-refractivity contribution in [1.29, 1.82) is 0 Å². The molecule has 2 aromatic heterocycles. The van der Waals surface area contributed by atoms with E-state index in [0.717, 1.165) is 38.3 Å². The Balaban J connectivity index is 1.30. The average molecular weight is 403 g/mol. The van der Waals surface area contributed by atoms with E-state index in [1.165, 1.54) is 5.56 Å². The molecule has 4 heterocycles. The molecule has 1 aromatic carbocycles. The lowest BCUT2D eigenvalue weighted by Gasteiger charge is -2.45. The van der Waals surface area contributed by atoms with Crippen LogP contribution in [0.1, 0.15) is 24.2 Å². The van der Waals surface area contributed by atoms with Crippen LogP contribution in [0.4, 0.5) is 5.69 Å². The van der Waals surface area contributed by atoms with Crippen LogP contribution in [0, 0.1) is 0 Å². The summed E-state index contributed by atoms with van der Waals surface area (Å²) in [5.74, 6) is 0.792. The van der Waals surface area contributed by atoms with Gasteiger partial charge in [0.2, 0.25) is 0 Å². The average Bonchev–Trinajstić information content (AvgIpc) is 3.27. The quantitative estimate of drug-likeness (QED) is 0.725. The lowest BCUT2D eigenvalue weighted by Crippen LogP contribution is -2.53. The first kappa shape index (κ1) is 19.0. The van der Waals surface area contributed by atoms with Crippen LogP contribution in [0.5, 0.6) is 0 Å². The number of fused-ring (bicyclic) bond motifs is 2. The predicted molar refractivity (Wildman–Crippen MR) is 113 cm³/mol. The number of carbonyl (C=O) groups excluding carboxylic acids is 1. The van der Waals surface area contributed by atoms with Crippen molar-refractivity contribution < 1.29 is 9.53 Å². The van der Waals surface area contributed by atoms with Crippen molar-refractivity contribution in [3.8, 4) is 0 Å². The molecule has 2 aliphatic rings. The van der Waals surface area contributed by atoms with E-state index >= 15 is 0 Å². The van der Waals surface area contributed by atoms with Crippen LogP contribution >= 0.6 is 0 Å². The van der Waals surface area contributed by atoms with Crippen molar-refractivity contribution in [3.63, 3.8) is 0 Å².